The fourth-order valence-electron chi connectivity index (χ4n) is 2.25. The molecule has 0 unspecified atom stereocenters. The molecule has 0 aromatic rings. The van der Waals surface area contributed by atoms with E-state index in [1.165, 1.54) is 19.3 Å². The third-order valence-corrected chi connectivity index (χ3v) is 3.36. The van der Waals surface area contributed by atoms with E-state index in [-0.39, 0.29) is 11.2 Å². The zero-order valence-electron chi connectivity index (χ0n) is 9.14. The first-order valence-corrected chi connectivity index (χ1v) is 5.48. The van der Waals surface area contributed by atoms with Crippen LogP contribution < -0.4 is 5.73 Å². The van der Waals surface area contributed by atoms with E-state index in [9.17, 15) is 4.79 Å². The van der Waals surface area contributed by atoms with Gasteiger partial charge in [-0.15, -0.1) is 0 Å². The van der Waals surface area contributed by atoms with Crippen LogP contribution in [-0.2, 0) is 4.79 Å². The Morgan fingerprint density at radius 3 is 2.36 bits per heavy atom. The topological polar surface area (TPSA) is 43.1 Å². The minimum absolute atomic E-state index is 0.0916. The number of ketones is 1. The fraction of sp³-hybridized carbons (Fsp3) is 0.750. The van der Waals surface area contributed by atoms with Crippen LogP contribution in [0, 0.1) is 5.41 Å². The molecule has 0 amide bonds. The number of allylic oxidation sites excluding steroid dienone is 1. The third-order valence-electron chi connectivity index (χ3n) is 3.36. The smallest absolute Gasteiger partial charge is 0.158 e. The highest BCUT2D eigenvalue weighted by molar-refractivity contribution is 5.94. The standard InChI is InChI=1S/C12H21NO/c1-10(2)11(14)8-12(9-13)6-4-3-5-7-12/h1,3-9,13H2,2H3. The summed E-state index contributed by atoms with van der Waals surface area (Å²) in [6.07, 6.45) is 6.58. The lowest BCUT2D eigenvalue weighted by Gasteiger charge is -2.35. The zero-order chi connectivity index (χ0) is 10.6. The number of hydrogen-bond acceptors (Lipinski definition) is 2. The summed E-state index contributed by atoms with van der Waals surface area (Å²) < 4.78 is 0. The second-order valence-corrected chi connectivity index (χ2v) is 4.65. The van der Waals surface area contributed by atoms with Gasteiger partial charge >= 0.3 is 0 Å². The van der Waals surface area contributed by atoms with Gasteiger partial charge in [0.05, 0.1) is 0 Å². The molecule has 1 rings (SSSR count). The molecule has 2 heteroatoms. The quantitative estimate of drug-likeness (QED) is 0.700. The molecule has 2 nitrogen and oxygen atoms in total. The van der Waals surface area contributed by atoms with Gasteiger partial charge in [-0.25, -0.2) is 0 Å². The van der Waals surface area contributed by atoms with Gasteiger partial charge in [0.2, 0.25) is 0 Å². The largest absolute Gasteiger partial charge is 0.330 e. The van der Waals surface area contributed by atoms with Gasteiger partial charge in [0, 0.05) is 6.42 Å². The maximum absolute atomic E-state index is 11.6. The summed E-state index contributed by atoms with van der Waals surface area (Å²) in [5.41, 5.74) is 6.57. The van der Waals surface area contributed by atoms with Crippen LogP contribution in [-0.4, -0.2) is 12.3 Å². The molecular weight excluding hydrogens is 174 g/mol. The normalized spacial score (nSPS) is 20.4. The monoisotopic (exact) mass is 195 g/mol. The van der Waals surface area contributed by atoms with Crippen LogP contribution >= 0.6 is 0 Å². The van der Waals surface area contributed by atoms with Crippen LogP contribution in [0.1, 0.15) is 45.4 Å². The number of Topliss-reactive ketones (excluding diaryl/α,β-unsaturated/α-hetero) is 1. The van der Waals surface area contributed by atoms with E-state index < -0.39 is 0 Å². The van der Waals surface area contributed by atoms with Crippen molar-refractivity contribution in [2.75, 3.05) is 6.54 Å². The summed E-state index contributed by atoms with van der Waals surface area (Å²) in [6.45, 7) is 6.13. The lowest BCUT2D eigenvalue weighted by molar-refractivity contribution is -0.118. The molecule has 80 valence electrons. The Kier molecular flexibility index (Phi) is 3.87. The van der Waals surface area contributed by atoms with Crippen molar-refractivity contribution in [1.82, 2.24) is 0 Å². The Morgan fingerprint density at radius 1 is 1.36 bits per heavy atom. The highest BCUT2D eigenvalue weighted by Gasteiger charge is 2.32. The summed E-state index contributed by atoms with van der Waals surface area (Å²) in [4.78, 5) is 11.6. The molecule has 0 aliphatic heterocycles. The third kappa shape index (κ3) is 2.68. The van der Waals surface area contributed by atoms with E-state index in [1.807, 2.05) is 0 Å². The van der Waals surface area contributed by atoms with E-state index in [0.29, 0.717) is 18.5 Å². The Morgan fingerprint density at radius 2 is 1.93 bits per heavy atom. The van der Waals surface area contributed by atoms with Gasteiger partial charge in [0.25, 0.3) is 0 Å². The van der Waals surface area contributed by atoms with E-state index in [0.717, 1.165) is 12.8 Å². The minimum Gasteiger partial charge on any atom is -0.330 e. The van der Waals surface area contributed by atoms with Crippen molar-refractivity contribution >= 4 is 5.78 Å². The number of rotatable bonds is 4. The van der Waals surface area contributed by atoms with E-state index in [2.05, 4.69) is 6.58 Å². The first kappa shape index (κ1) is 11.4. The molecule has 0 spiro atoms. The van der Waals surface area contributed by atoms with E-state index in [4.69, 9.17) is 5.73 Å². The predicted molar refractivity (Wildman–Crippen MR) is 59.0 cm³/mol. The molecule has 0 heterocycles. The van der Waals surface area contributed by atoms with Crippen molar-refractivity contribution in [1.29, 1.82) is 0 Å². The summed E-state index contributed by atoms with van der Waals surface area (Å²) in [7, 11) is 0. The Labute approximate surface area is 86.6 Å². The molecule has 0 atom stereocenters. The lowest BCUT2D eigenvalue weighted by Crippen LogP contribution is -2.35. The number of hydrogen-bond donors (Lipinski definition) is 1. The SMILES string of the molecule is C=C(C)C(=O)CC1(CN)CCCCC1. The molecule has 1 aliphatic carbocycles. The molecule has 0 aromatic heterocycles. The van der Waals surface area contributed by atoms with Crippen molar-refractivity contribution in [2.45, 2.75) is 45.4 Å². The first-order valence-electron chi connectivity index (χ1n) is 5.48. The maximum atomic E-state index is 11.6. The molecule has 1 aliphatic rings. The van der Waals surface area contributed by atoms with Gasteiger partial charge in [0.1, 0.15) is 0 Å². The van der Waals surface area contributed by atoms with Crippen LogP contribution in [0.15, 0.2) is 12.2 Å². The molecule has 0 radical (unpaired) electrons. The van der Waals surface area contributed by atoms with Crippen LogP contribution in [0.4, 0.5) is 0 Å². The average Bonchev–Trinajstić information content (AvgIpc) is 2.19. The fourth-order valence-corrected chi connectivity index (χ4v) is 2.25. The zero-order valence-corrected chi connectivity index (χ0v) is 9.14. The number of carbonyl (C=O) groups excluding carboxylic acids is 1. The number of nitrogens with two attached hydrogens (primary N) is 1. The van der Waals surface area contributed by atoms with Crippen molar-refractivity contribution < 1.29 is 4.79 Å². The van der Waals surface area contributed by atoms with Crippen molar-refractivity contribution in [3.8, 4) is 0 Å². The van der Waals surface area contributed by atoms with Crippen molar-refractivity contribution in [3.05, 3.63) is 12.2 Å². The average molecular weight is 195 g/mol. The summed E-state index contributed by atoms with van der Waals surface area (Å²) in [5.74, 6) is 0.192. The van der Waals surface area contributed by atoms with Crippen molar-refractivity contribution in [3.63, 3.8) is 0 Å². The molecule has 14 heavy (non-hydrogen) atoms. The highest BCUT2D eigenvalue weighted by Crippen LogP contribution is 2.38. The first-order chi connectivity index (χ1) is 6.59. The molecule has 0 bridgehead atoms. The summed E-state index contributed by atoms with van der Waals surface area (Å²) in [6, 6.07) is 0. The number of carbonyl (C=O) groups is 1. The molecular formula is C12H21NO. The Bertz CT molecular complexity index is 226. The summed E-state index contributed by atoms with van der Waals surface area (Å²) in [5, 5.41) is 0. The van der Waals surface area contributed by atoms with Crippen molar-refractivity contribution in [2.24, 2.45) is 11.1 Å². The Hall–Kier alpha value is -0.630. The van der Waals surface area contributed by atoms with Gasteiger partial charge in [-0.05, 0) is 37.3 Å². The molecule has 0 aromatic carbocycles. The second kappa shape index (κ2) is 4.74. The highest BCUT2D eigenvalue weighted by atomic mass is 16.1. The summed E-state index contributed by atoms with van der Waals surface area (Å²) >= 11 is 0. The Balaban J connectivity index is 2.60. The molecule has 1 fully saturated rings. The van der Waals surface area contributed by atoms with Gasteiger partial charge in [-0.3, -0.25) is 4.79 Å². The predicted octanol–water partition coefficient (Wildman–Crippen LogP) is 2.43. The van der Waals surface area contributed by atoms with Crippen LogP contribution in [0.3, 0.4) is 0 Å². The van der Waals surface area contributed by atoms with E-state index in [1.54, 1.807) is 6.92 Å². The second-order valence-electron chi connectivity index (χ2n) is 4.65. The van der Waals surface area contributed by atoms with Gasteiger partial charge in [-0.1, -0.05) is 25.8 Å². The van der Waals surface area contributed by atoms with Crippen LogP contribution in [0.25, 0.3) is 0 Å². The molecule has 1 saturated carbocycles. The van der Waals surface area contributed by atoms with E-state index >= 15 is 0 Å². The molecule has 2 N–H and O–H groups in total. The minimum atomic E-state index is 0.0916. The molecule has 0 saturated heterocycles. The maximum Gasteiger partial charge on any atom is 0.158 e. The van der Waals surface area contributed by atoms with Gasteiger partial charge in [0.15, 0.2) is 5.78 Å². The van der Waals surface area contributed by atoms with Gasteiger partial charge < -0.3 is 5.73 Å². The van der Waals surface area contributed by atoms with Crippen LogP contribution in [0.2, 0.25) is 0 Å². The lowest BCUT2D eigenvalue weighted by atomic mass is 9.70. The van der Waals surface area contributed by atoms with Crippen LogP contribution in [0.5, 0.6) is 0 Å². The van der Waals surface area contributed by atoms with Gasteiger partial charge in [-0.2, -0.15) is 0 Å².